The average molecular weight is 322 g/mol. The van der Waals surface area contributed by atoms with Crippen LogP contribution in [-0.2, 0) is 6.54 Å². The number of aromatic nitrogens is 4. The van der Waals surface area contributed by atoms with E-state index < -0.39 is 0 Å². The van der Waals surface area contributed by atoms with E-state index in [1.54, 1.807) is 36.4 Å². The highest BCUT2D eigenvalue weighted by molar-refractivity contribution is 5.76. The lowest BCUT2D eigenvalue weighted by molar-refractivity contribution is 0.561. The molecule has 0 aliphatic rings. The van der Waals surface area contributed by atoms with Gasteiger partial charge in [-0.05, 0) is 30.3 Å². The summed E-state index contributed by atoms with van der Waals surface area (Å²) < 4.78 is 19.9. The van der Waals surface area contributed by atoms with Crippen molar-refractivity contribution in [1.29, 1.82) is 0 Å². The highest BCUT2D eigenvalue weighted by Crippen LogP contribution is 2.19. The van der Waals surface area contributed by atoms with Crippen LogP contribution in [-0.4, -0.2) is 20.0 Å². The van der Waals surface area contributed by atoms with Crippen molar-refractivity contribution in [2.24, 2.45) is 0 Å². The van der Waals surface area contributed by atoms with Crippen molar-refractivity contribution in [1.82, 2.24) is 20.0 Å². The molecule has 2 heterocycles. The Hall–Kier alpha value is -3.35. The molecule has 2 aromatic carbocycles. The van der Waals surface area contributed by atoms with Gasteiger partial charge in [-0.15, -0.1) is 5.10 Å². The van der Waals surface area contributed by atoms with Crippen LogP contribution in [0.4, 0.5) is 4.39 Å². The predicted octanol–water partition coefficient (Wildman–Crippen LogP) is 2.63. The summed E-state index contributed by atoms with van der Waals surface area (Å²) in [6, 6.07) is 12.9. The van der Waals surface area contributed by atoms with Gasteiger partial charge < -0.3 is 4.42 Å². The minimum Gasteiger partial charge on any atom is -0.444 e. The van der Waals surface area contributed by atoms with Crippen LogP contribution in [0.3, 0.4) is 0 Å². The molecule has 2 aromatic heterocycles. The number of oxazole rings is 1. The van der Waals surface area contributed by atoms with Gasteiger partial charge in [0, 0.05) is 5.56 Å². The van der Waals surface area contributed by atoms with Crippen LogP contribution in [0.15, 0.2) is 64.0 Å². The third-order valence-electron chi connectivity index (χ3n) is 3.56. The summed E-state index contributed by atoms with van der Waals surface area (Å²) >= 11 is 0. The average Bonchev–Trinajstić information content (AvgIpc) is 3.06. The zero-order valence-electron chi connectivity index (χ0n) is 12.4. The first-order valence-corrected chi connectivity index (χ1v) is 7.23. The molecule has 0 amide bonds. The maximum Gasteiger partial charge on any atom is 0.277 e. The second-order valence-corrected chi connectivity index (χ2v) is 5.22. The van der Waals surface area contributed by atoms with Crippen LogP contribution >= 0.6 is 0 Å². The molecule has 4 aromatic rings. The fourth-order valence-corrected chi connectivity index (χ4v) is 2.41. The number of benzene rings is 2. The number of fused-ring (bicyclic) bond motifs is 1. The highest BCUT2D eigenvalue weighted by atomic mass is 19.1. The van der Waals surface area contributed by atoms with Gasteiger partial charge in [0.1, 0.15) is 23.3 Å². The first-order valence-electron chi connectivity index (χ1n) is 7.23. The van der Waals surface area contributed by atoms with Crippen LogP contribution in [0, 0.1) is 5.82 Å². The Morgan fingerprint density at radius 3 is 2.88 bits per heavy atom. The second-order valence-electron chi connectivity index (χ2n) is 5.22. The molecule has 6 nitrogen and oxygen atoms in total. The summed E-state index contributed by atoms with van der Waals surface area (Å²) in [4.78, 5) is 16.7. The van der Waals surface area contributed by atoms with Crippen molar-refractivity contribution >= 4 is 10.9 Å². The van der Waals surface area contributed by atoms with Gasteiger partial charge in [0.15, 0.2) is 0 Å². The second kappa shape index (κ2) is 5.69. The summed E-state index contributed by atoms with van der Waals surface area (Å²) in [6.45, 7) is 0.121. The summed E-state index contributed by atoms with van der Waals surface area (Å²) in [5.41, 5.74) is 1.31. The van der Waals surface area contributed by atoms with Crippen LogP contribution < -0.4 is 5.56 Å². The molecule has 4 rings (SSSR count). The van der Waals surface area contributed by atoms with E-state index in [0.29, 0.717) is 22.2 Å². The fraction of sp³-hybridized carbons (Fsp3) is 0.0588. The first-order chi connectivity index (χ1) is 11.7. The van der Waals surface area contributed by atoms with Crippen molar-refractivity contribution in [2.45, 2.75) is 6.54 Å². The lowest BCUT2D eigenvalue weighted by atomic mass is 10.2. The molecule has 7 heteroatoms. The topological polar surface area (TPSA) is 73.8 Å². The maximum absolute atomic E-state index is 13.3. The van der Waals surface area contributed by atoms with Gasteiger partial charge in [-0.3, -0.25) is 4.79 Å². The quantitative estimate of drug-likeness (QED) is 0.580. The minimum atomic E-state index is -0.371. The number of nitrogens with zero attached hydrogens (tertiary/aromatic N) is 4. The van der Waals surface area contributed by atoms with Gasteiger partial charge in [-0.1, -0.05) is 23.4 Å². The monoisotopic (exact) mass is 322 g/mol. The molecule has 0 saturated heterocycles. The van der Waals surface area contributed by atoms with E-state index in [2.05, 4.69) is 15.3 Å². The Morgan fingerprint density at radius 2 is 2.00 bits per heavy atom. The van der Waals surface area contributed by atoms with E-state index in [1.165, 1.54) is 23.1 Å². The van der Waals surface area contributed by atoms with Gasteiger partial charge in [0.2, 0.25) is 5.89 Å². The Morgan fingerprint density at radius 1 is 1.12 bits per heavy atom. The molecule has 0 aliphatic carbocycles. The number of rotatable bonds is 3. The molecule has 0 radical (unpaired) electrons. The summed E-state index contributed by atoms with van der Waals surface area (Å²) in [6.07, 6.45) is 1.42. The van der Waals surface area contributed by atoms with E-state index in [4.69, 9.17) is 4.42 Å². The van der Waals surface area contributed by atoms with Crippen LogP contribution in [0.5, 0.6) is 0 Å². The van der Waals surface area contributed by atoms with Crippen molar-refractivity contribution in [3.63, 3.8) is 0 Å². The Bertz CT molecular complexity index is 1090. The predicted molar refractivity (Wildman–Crippen MR) is 84.8 cm³/mol. The van der Waals surface area contributed by atoms with Crippen LogP contribution in [0.1, 0.15) is 5.69 Å². The van der Waals surface area contributed by atoms with E-state index in [-0.39, 0.29) is 23.8 Å². The molecule has 0 atom stereocenters. The molecular formula is C17H11FN4O2. The van der Waals surface area contributed by atoms with Crippen molar-refractivity contribution in [2.75, 3.05) is 0 Å². The molecule has 0 aliphatic heterocycles. The Kier molecular flexibility index (Phi) is 3.38. The molecule has 0 saturated carbocycles. The highest BCUT2D eigenvalue weighted by Gasteiger charge is 2.11. The lowest BCUT2D eigenvalue weighted by Gasteiger charge is -2.01. The maximum atomic E-state index is 13.3. The first kappa shape index (κ1) is 14.3. The smallest absolute Gasteiger partial charge is 0.277 e. The molecule has 0 bridgehead atoms. The van der Waals surface area contributed by atoms with Crippen LogP contribution in [0.2, 0.25) is 0 Å². The third kappa shape index (κ3) is 2.56. The van der Waals surface area contributed by atoms with Gasteiger partial charge in [-0.2, -0.15) is 0 Å². The summed E-state index contributed by atoms with van der Waals surface area (Å²) in [7, 11) is 0. The van der Waals surface area contributed by atoms with Gasteiger partial charge >= 0.3 is 0 Å². The molecule has 0 unspecified atom stereocenters. The lowest BCUT2D eigenvalue weighted by Crippen LogP contribution is -2.24. The number of halogens is 1. The van der Waals surface area contributed by atoms with Gasteiger partial charge in [0.05, 0.1) is 11.9 Å². The fourth-order valence-electron chi connectivity index (χ4n) is 2.41. The van der Waals surface area contributed by atoms with Crippen molar-refractivity contribution in [3.05, 3.63) is 76.7 Å². The Labute approximate surface area is 135 Å². The largest absolute Gasteiger partial charge is 0.444 e. The van der Waals surface area contributed by atoms with E-state index >= 15 is 0 Å². The molecule has 118 valence electrons. The van der Waals surface area contributed by atoms with Crippen molar-refractivity contribution in [3.8, 4) is 11.5 Å². The van der Waals surface area contributed by atoms with Crippen LogP contribution in [0.25, 0.3) is 22.4 Å². The van der Waals surface area contributed by atoms with Gasteiger partial charge in [0.25, 0.3) is 5.56 Å². The summed E-state index contributed by atoms with van der Waals surface area (Å²) in [5, 5.41) is 8.42. The number of hydrogen-bond acceptors (Lipinski definition) is 5. The van der Waals surface area contributed by atoms with Crippen molar-refractivity contribution < 1.29 is 8.81 Å². The number of hydrogen-bond donors (Lipinski definition) is 0. The van der Waals surface area contributed by atoms with E-state index in [9.17, 15) is 9.18 Å². The standard InChI is InChI=1S/C17H11FN4O2/c18-12-5-3-4-11(8-12)16-19-13(10-24-16)9-22-17(23)14-6-1-2-7-15(14)20-21-22/h1-8,10H,9H2. The zero-order chi connectivity index (χ0) is 16.5. The van der Waals surface area contributed by atoms with Gasteiger partial charge in [-0.25, -0.2) is 14.1 Å². The molecule has 0 N–H and O–H groups in total. The molecule has 0 spiro atoms. The Balaban J connectivity index is 1.67. The molecule has 0 fully saturated rings. The molecular weight excluding hydrogens is 311 g/mol. The zero-order valence-corrected chi connectivity index (χ0v) is 12.4. The molecule has 24 heavy (non-hydrogen) atoms. The van der Waals surface area contributed by atoms with E-state index in [1.807, 2.05) is 0 Å². The minimum absolute atomic E-state index is 0.121. The SMILES string of the molecule is O=c1c2ccccc2nnn1Cc1coc(-c2cccc(F)c2)n1. The normalized spacial score (nSPS) is 11.0. The van der Waals surface area contributed by atoms with E-state index in [0.717, 1.165) is 0 Å². The third-order valence-corrected chi connectivity index (χ3v) is 3.56. The summed E-state index contributed by atoms with van der Waals surface area (Å²) in [5.74, 6) is -0.0878.